The molecule has 2 N–H and O–H groups in total. The molecule has 0 saturated heterocycles. The van der Waals surface area contributed by atoms with Gasteiger partial charge in [0.05, 0.1) is 0 Å². The maximum atomic E-state index is 4.23. The second-order valence-corrected chi connectivity index (χ2v) is 4.61. The van der Waals surface area contributed by atoms with Crippen molar-refractivity contribution in [3.63, 3.8) is 0 Å². The highest BCUT2D eigenvalue weighted by Crippen LogP contribution is 2.14. The van der Waals surface area contributed by atoms with E-state index in [-0.39, 0.29) is 0 Å². The molecule has 2 unspecified atom stereocenters. The van der Waals surface area contributed by atoms with Gasteiger partial charge >= 0.3 is 0 Å². The fourth-order valence-electron chi connectivity index (χ4n) is 1.80. The Morgan fingerprint density at radius 1 is 1.18 bits per heavy atom. The average molecular weight is 236 g/mol. The van der Waals surface area contributed by atoms with Crippen molar-refractivity contribution in [2.75, 3.05) is 17.2 Å². The lowest BCUT2D eigenvalue weighted by molar-refractivity contribution is 0.483. The Bertz CT molecular complexity index is 327. The van der Waals surface area contributed by atoms with Gasteiger partial charge < -0.3 is 10.6 Å². The van der Waals surface area contributed by atoms with Crippen LogP contribution >= 0.6 is 0 Å². The van der Waals surface area contributed by atoms with E-state index < -0.39 is 0 Å². The fraction of sp³-hybridized carbons (Fsp3) is 0.692. The number of nitrogens with one attached hydrogen (secondary N) is 2. The monoisotopic (exact) mass is 236 g/mol. The van der Waals surface area contributed by atoms with E-state index in [9.17, 15) is 0 Å². The van der Waals surface area contributed by atoms with Gasteiger partial charge in [-0.25, -0.2) is 9.97 Å². The summed E-state index contributed by atoms with van der Waals surface area (Å²) >= 11 is 0. The maximum absolute atomic E-state index is 4.23. The molecular formula is C13H24N4. The molecule has 0 saturated carbocycles. The molecule has 2 atom stereocenters. The first-order chi connectivity index (χ1) is 8.15. The first-order valence-corrected chi connectivity index (χ1v) is 6.48. The number of nitrogens with zero attached hydrogens (tertiary/aromatic N) is 2. The molecule has 17 heavy (non-hydrogen) atoms. The molecule has 1 rings (SSSR count). The minimum atomic E-state index is 0.439. The van der Waals surface area contributed by atoms with Crippen LogP contribution < -0.4 is 10.6 Å². The molecule has 96 valence electrons. The molecule has 0 aliphatic carbocycles. The molecule has 0 aliphatic heterocycles. The van der Waals surface area contributed by atoms with Gasteiger partial charge in [0.15, 0.2) is 0 Å². The molecule has 0 radical (unpaired) electrons. The molecule has 0 amide bonds. The summed E-state index contributed by atoms with van der Waals surface area (Å²) in [7, 11) is 0. The van der Waals surface area contributed by atoms with Gasteiger partial charge in [0.2, 0.25) is 0 Å². The second kappa shape index (κ2) is 7.09. The summed E-state index contributed by atoms with van der Waals surface area (Å²) in [5, 5.41) is 6.60. The summed E-state index contributed by atoms with van der Waals surface area (Å²) in [4.78, 5) is 8.38. The van der Waals surface area contributed by atoms with Crippen molar-refractivity contribution >= 4 is 11.6 Å². The number of rotatable bonds is 7. The molecule has 1 heterocycles. The molecule has 4 nitrogen and oxygen atoms in total. The Hall–Kier alpha value is -1.32. The Labute approximate surface area is 104 Å². The highest BCUT2D eigenvalue weighted by molar-refractivity contribution is 5.46. The van der Waals surface area contributed by atoms with Crippen molar-refractivity contribution in [2.24, 2.45) is 5.92 Å². The van der Waals surface area contributed by atoms with Crippen LogP contribution in [0.15, 0.2) is 12.4 Å². The minimum Gasteiger partial charge on any atom is -0.370 e. The zero-order valence-electron chi connectivity index (χ0n) is 11.3. The van der Waals surface area contributed by atoms with Crippen molar-refractivity contribution in [2.45, 2.75) is 46.6 Å². The van der Waals surface area contributed by atoms with Crippen LogP contribution in [0.5, 0.6) is 0 Å². The first kappa shape index (κ1) is 13.7. The molecule has 0 spiro atoms. The zero-order chi connectivity index (χ0) is 12.7. The predicted octanol–water partition coefficient (Wildman–Crippen LogP) is 3.15. The highest BCUT2D eigenvalue weighted by atomic mass is 15.1. The molecular weight excluding hydrogens is 212 g/mol. The summed E-state index contributed by atoms with van der Waals surface area (Å²) in [6.07, 6.45) is 3.98. The molecule has 4 heteroatoms. The van der Waals surface area contributed by atoms with Gasteiger partial charge in [0.25, 0.3) is 0 Å². The van der Waals surface area contributed by atoms with Gasteiger partial charge in [0.1, 0.15) is 18.0 Å². The van der Waals surface area contributed by atoms with Crippen LogP contribution in [0.1, 0.15) is 40.5 Å². The second-order valence-electron chi connectivity index (χ2n) is 4.61. The van der Waals surface area contributed by atoms with Gasteiger partial charge in [-0.1, -0.05) is 20.3 Å². The molecule has 1 aromatic heterocycles. The van der Waals surface area contributed by atoms with E-state index in [0.717, 1.165) is 30.5 Å². The van der Waals surface area contributed by atoms with E-state index in [1.165, 1.54) is 6.42 Å². The summed E-state index contributed by atoms with van der Waals surface area (Å²) in [5.41, 5.74) is 0. The lowest BCUT2D eigenvalue weighted by Crippen LogP contribution is -2.19. The van der Waals surface area contributed by atoms with Gasteiger partial charge in [-0.3, -0.25) is 0 Å². The van der Waals surface area contributed by atoms with Crippen LogP contribution in [-0.2, 0) is 0 Å². The van der Waals surface area contributed by atoms with Crippen molar-refractivity contribution in [3.05, 3.63) is 12.4 Å². The van der Waals surface area contributed by atoms with Crippen molar-refractivity contribution < 1.29 is 0 Å². The minimum absolute atomic E-state index is 0.439. The Morgan fingerprint density at radius 2 is 1.88 bits per heavy atom. The van der Waals surface area contributed by atoms with Crippen LogP contribution in [0, 0.1) is 5.92 Å². The molecule has 0 fully saturated rings. The normalized spacial score (nSPS) is 14.1. The topological polar surface area (TPSA) is 49.8 Å². The number of aromatic nitrogens is 2. The summed E-state index contributed by atoms with van der Waals surface area (Å²) in [5.74, 6) is 2.51. The maximum Gasteiger partial charge on any atom is 0.131 e. The number of anilines is 2. The molecule has 0 bridgehead atoms. The molecule has 1 aromatic rings. The summed E-state index contributed by atoms with van der Waals surface area (Å²) in [6, 6.07) is 2.39. The van der Waals surface area contributed by atoms with E-state index in [1.807, 2.05) is 6.07 Å². The Morgan fingerprint density at radius 3 is 2.53 bits per heavy atom. The lowest BCUT2D eigenvalue weighted by atomic mass is 10.0. The van der Waals surface area contributed by atoms with Gasteiger partial charge in [-0.2, -0.15) is 0 Å². The fourth-order valence-corrected chi connectivity index (χ4v) is 1.80. The SMILES string of the molecule is CCNc1cc(NC(C)CC(C)CC)ncn1. The van der Waals surface area contributed by atoms with Crippen molar-refractivity contribution in [1.29, 1.82) is 0 Å². The van der Waals surface area contributed by atoms with E-state index in [0.29, 0.717) is 6.04 Å². The average Bonchev–Trinajstić information content (AvgIpc) is 2.29. The highest BCUT2D eigenvalue weighted by Gasteiger charge is 2.08. The largest absolute Gasteiger partial charge is 0.370 e. The van der Waals surface area contributed by atoms with Crippen LogP contribution in [-0.4, -0.2) is 22.6 Å². The summed E-state index contributed by atoms with van der Waals surface area (Å²) in [6.45, 7) is 9.63. The van der Waals surface area contributed by atoms with E-state index in [4.69, 9.17) is 0 Å². The van der Waals surface area contributed by atoms with Crippen molar-refractivity contribution in [1.82, 2.24) is 9.97 Å². The molecule has 0 aliphatic rings. The summed E-state index contributed by atoms with van der Waals surface area (Å²) < 4.78 is 0. The first-order valence-electron chi connectivity index (χ1n) is 6.48. The van der Waals surface area contributed by atoms with Gasteiger partial charge in [-0.05, 0) is 26.2 Å². The predicted molar refractivity (Wildman–Crippen MR) is 73.4 cm³/mol. The van der Waals surface area contributed by atoms with Crippen LogP contribution in [0.2, 0.25) is 0 Å². The van der Waals surface area contributed by atoms with Crippen LogP contribution in [0.3, 0.4) is 0 Å². The zero-order valence-corrected chi connectivity index (χ0v) is 11.3. The van der Waals surface area contributed by atoms with Crippen LogP contribution in [0.4, 0.5) is 11.6 Å². The lowest BCUT2D eigenvalue weighted by Gasteiger charge is -2.18. The third-order valence-electron chi connectivity index (χ3n) is 2.87. The van der Waals surface area contributed by atoms with Crippen LogP contribution in [0.25, 0.3) is 0 Å². The van der Waals surface area contributed by atoms with Crippen molar-refractivity contribution in [3.8, 4) is 0 Å². The molecule has 0 aromatic carbocycles. The third-order valence-corrected chi connectivity index (χ3v) is 2.87. The van der Waals surface area contributed by atoms with E-state index >= 15 is 0 Å². The number of hydrogen-bond donors (Lipinski definition) is 2. The van der Waals surface area contributed by atoms with E-state index in [2.05, 4.69) is 48.3 Å². The number of hydrogen-bond acceptors (Lipinski definition) is 4. The smallest absolute Gasteiger partial charge is 0.131 e. The quantitative estimate of drug-likeness (QED) is 0.763. The van der Waals surface area contributed by atoms with E-state index in [1.54, 1.807) is 6.33 Å². The van der Waals surface area contributed by atoms with Gasteiger partial charge in [0, 0.05) is 18.7 Å². The Balaban J connectivity index is 2.52. The standard InChI is InChI=1S/C13H24N4/c1-5-10(3)7-11(4)17-13-8-12(14-6-2)15-9-16-13/h8-11H,5-7H2,1-4H3,(H2,14,15,16,17). The Kier molecular flexibility index (Phi) is 5.73. The van der Waals surface area contributed by atoms with Gasteiger partial charge in [-0.15, -0.1) is 0 Å². The third kappa shape index (κ3) is 5.02.